The van der Waals surface area contributed by atoms with Crippen LogP contribution in [0.25, 0.3) is 0 Å². The van der Waals surface area contributed by atoms with Crippen molar-refractivity contribution in [2.75, 3.05) is 45.8 Å². The predicted octanol–water partition coefficient (Wildman–Crippen LogP) is 0.833. The number of piperazine rings is 1. The zero-order valence-electron chi connectivity index (χ0n) is 14.6. The fraction of sp³-hybridized carbons (Fsp3) is 0.632. The van der Waals surface area contributed by atoms with Crippen molar-refractivity contribution in [1.82, 2.24) is 15.1 Å². The molecule has 0 bridgehead atoms. The van der Waals surface area contributed by atoms with Crippen LogP contribution in [-0.4, -0.2) is 72.7 Å². The van der Waals surface area contributed by atoms with E-state index in [1.165, 1.54) is 5.56 Å². The number of hydrogen-bond donors (Lipinski definition) is 2. The van der Waals surface area contributed by atoms with Gasteiger partial charge in [-0.25, -0.2) is 0 Å². The molecular weight excluding hydrogens is 302 g/mol. The molecule has 0 radical (unpaired) electrons. The van der Waals surface area contributed by atoms with E-state index in [4.69, 9.17) is 0 Å². The average molecular weight is 331 g/mol. The molecule has 0 aromatic heterocycles. The third kappa shape index (κ3) is 4.56. The first-order chi connectivity index (χ1) is 11.6. The molecular formula is C19H29N3O2. The van der Waals surface area contributed by atoms with E-state index in [-0.39, 0.29) is 17.4 Å². The largest absolute Gasteiger partial charge is 0.392 e. The molecule has 0 unspecified atom stereocenters. The summed E-state index contributed by atoms with van der Waals surface area (Å²) < 4.78 is 0. The fourth-order valence-corrected chi connectivity index (χ4v) is 3.54. The second kappa shape index (κ2) is 7.64. The monoisotopic (exact) mass is 331 g/mol. The molecule has 1 amide bonds. The quantitative estimate of drug-likeness (QED) is 0.777. The maximum absolute atomic E-state index is 12.3. The Morgan fingerprint density at radius 2 is 1.79 bits per heavy atom. The molecule has 2 N–H and O–H groups in total. The fourth-order valence-electron chi connectivity index (χ4n) is 3.54. The summed E-state index contributed by atoms with van der Waals surface area (Å²) in [6.07, 6.45) is 2.04. The van der Waals surface area contributed by atoms with E-state index in [9.17, 15) is 9.90 Å². The van der Waals surface area contributed by atoms with Crippen molar-refractivity contribution in [3.05, 3.63) is 35.9 Å². The summed E-state index contributed by atoms with van der Waals surface area (Å²) in [4.78, 5) is 16.7. The molecule has 1 saturated carbocycles. The molecule has 2 fully saturated rings. The number of nitrogens with zero attached hydrogens (tertiary/aromatic N) is 2. The molecule has 3 rings (SSSR count). The third-order valence-corrected chi connectivity index (χ3v) is 5.22. The number of carbonyl (C=O) groups is 1. The molecule has 1 atom stereocenters. The van der Waals surface area contributed by atoms with Crippen LogP contribution in [0.5, 0.6) is 0 Å². The Hall–Kier alpha value is -1.43. The number of aliphatic hydroxyl groups excluding tert-OH is 1. The molecule has 132 valence electrons. The zero-order valence-corrected chi connectivity index (χ0v) is 14.6. The highest BCUT2D eigenvalue weighted by atomic mass is 16.3. The van der Waals surface area contributed by atoms with Crippen LogP contribution in [0.1, 0.15) is 25.3 Å². The Labute approximate surface area is 144 Å². The number of nitrogens with one attached hydrogen (secondary N) is 1. The van der Waals surface area contributed by atoms with Gasteiger partial charge in [-0.15, -0.1) is 0 Å². The summed E-state index contributed by atoms with van der Waals surface area (Å²) in [7, 11) is 0. The van der Waals surface area contributed by atoms with Gasteiger partial charge in [-0.05, 0) is 25.3 Å². The minimum atomic E-state index is -0.285. The number of rotatable bonds is 7. The van der Waals surface area contributed by atoms with E-state index >= 15 is 0 Å². The molecule has 24 heavy (non-hydrogen) atoms. The third-order valence-electron chi connectivity index (χ3n) is 5.22. The van der Waals surface area contributed by atoms with Crippen LogP contribution in [0.3, 0.4) is 0 Å². The molecule has 5 heteroatoms. The van der Waals surface area contributed by atoms with Crippen LogP contribution in [0.4, 0.5) is 0 Å². The van der Waals surface area contributed by atoms with Crippen LogP contribution in [0.15, 0.2) is 30.3 Å². The summed E-state index contributed by atoms with van der Waals surface area (Å²) in [6.45, 7) is 7.40. The molecule has 0 spiro atoms. The van der Waals surface area contributed by atoms with Crippen LogP contribution < -0.4 is 5.32 Å². The zero-order chi connectivity index (χ0) is 17.0. The molecule has 1 aliphatic carbocycles. The molecule has 1 aliphatic heterocycles. The molecule has 2 aliphatic rings. The summed E-state index contributed by atoms with van der Waals surface area (Å²) in [5.74, 6) is 0.126. The molecule has 1 aromatic rings. The van der Waals surface area contributed by atoms with Gasteiger partial charge < -0.3 is 10.4 Å². The van der Waals surface area contributed by atoms with Crippen LogP contribution >= 0.6 is 0 Å². The Bertz CT molecular complexity index is 535. The van der Waals surface area contributed by atoms with Crippen LogP contribution in [0.2, 0.25) is 0 Å². The second-order valence-electron chi connectivity index (χ2n) is 7.35. The highest BCUT2D eigenvalue weighted by Crippen LogP contribution is 2.47. The van der Waals surface area contributed by atoms with Gasteiger partial charge in [0.1, 0.15) is 0 Å². The predicted molar refractivity (Wildman–Crippen MR) is 94.9 cm³/mol. The number of carbonyl (C=O) groups excluding carboxylic acids is 1. The molecule has 1 heterocycles. The Morgan fingerprint density at radius 1 is 1.17 bits per heavy atom. The highest BCUT2D eigenvalue weighted by molar-refractivity contribution is 5.78. The second-order valence-corrected chi connectivity index (χ2v) is 7.35. The van der Waals surface area contributed by atoms with Gasteiger partial charge in [0.05, 0.1) is 12.6 Å². The normalized spacial score (nSPS) is 22.1. The van der Waals surface area contributed by atoms with Crippen molar-refractivity contribution in [3.8, 4) is 0 Å². The number of hydrogen-bond acceptors (Lipinski definition) is 4. The van der Waals surface area contributed by atoms with Crippen molar-refractivity contribution >= 4 is 5.91 Å². The minimum absolute atomic E-state index is 0.126. The van der Waals surface area contributed by atoms with Crippen molar-refractivity contribution in [3.63, 3.8) is 0 Å². The van der Waals surface area contributed by atoms with E-state index in [0.29, 0.717) is 6.54 Å². The van der Waals surface area contributed by atoms with Gasteiger partial charge in [0.2, 0.25) is 5.91 Å². The first-order valence-electron chi connectivity index (χ1n) is 9.02. The first-order valence-corrected chi connectivity index (χ1v) is 9.02. The van der Waals surface area contributed by atoms with E-state index in [0.717, 1.165) is 52.1 Å². The van der Waals surface area contributed by atoms with Gasteiger partial charge >= 0.3 is 0 Å². The van der Waals surface area contributed by atoms with Gasteiger partial charge in [-0.3, -0.25) is 14.6 Å². The number of aliphatic hydroxyl groups is 1. The summed E-state index contributed by atoms with van der Waals surface area (Å²) in [5, 5.41) is 12.6. The topological polar surface area (TPSA) is 55.8 Å². The van der Waals surface area contributed by atoms with Gasteiger partial charge in [-0.2, -0.15) is 0 Å². The minimum Gasteiger partial charge on any atom is -0.392 e. The SMILES string of the molecule is C[C@H](O)CN1CCN(CC(=O)NCC2(c3ccccc3)CC2)CC1. The Kier molecular flexibility index (Phi) is 5.54. The van der Waals surface area contributed by atoms with E-state index in [2.05, 4.69) is 39.4 Å². The first kappa shape index (κ1) is 17.4. The van der Waals surface area contributed by atoms with E-state index in [1.54, 1.807) is 0 Å². The van der Waals surface area contributed by atoms with Crippen molar-refractivity contribution < 1.29 is 9.90 Å². The summed E-state index contributed by atoms with van der Waals surface area (Å²) in [5.41, 5.74) is 1.52. The average Bonchev–Trinajstić information content (AvgIpc) is 3.37. The Balaban J connectivity index is 1.39. The smallest absolute Gasteiger partial charge is 0.234 e. The van der Waals surface area contributed by atoms with E-state index in [1.807, 2.05) is 13.0 Å². The van der Waals surface area contributed by atoms with Gasteiger partial charge in [0, 0.05) is 44.7 Å². The lowest BCUT2D eigenvalue weighted by Gasteiger charge is -2.34. The number of β-amino-alcohol motifs (C(OH)–C–C–N with tert-alkyl or cyclic N) is 1. The standard InChI is InChI=1S/C19H29N3O2/c1-16(23)13-21-9-11-22(12-10-21)14-18(24)20-15-19(7-8-19)17-5-3-2-4-6-17/h2-6,16,23H,7-15H2,1H3,(H,20,24)/t16-/m0/s1. The molecule has 1 aromatic carbocycles. The molecule has 5 nitrogen and oxygen atoms in total. The maximum Gasteiger partial charge on any atom is 0.234 e. The van der Waals surface area contributed by atoms with Gasteiger partial charge in [0.15, 0.2) is 0 Å². The maximum atomic E-state index is 12.3. The highest BCUT2D eigenvalue weighted by Gasteiger charge is 2.44. The number of benzene rings is 1. The van der Waals surface area contributed by atoms with Crippen LogP contribution in [-0.2, 0) is 10.2 Å². The lowest BCUT2D eigenvalue weighted by molar-refractivity contribution is -0.122. The van der Waals surface area contributed by atoms with Crippen LogP contribution in [0, 0.1) is 0 Å². The van der Waals surface area contributed by atoms with Crippen molar-refractivity contribution in [1.29, 1.82) is 0 Å². The van der Waals surface area contributed by atoms with Gasteiger partial charge in [0.25, 0.3) is 0 Å². The van der Waals surface area contributed by atoms with Gasteiger partial charge in [-0.1, -0.05) is 30.3 Å². The van der Waals surface area contributed by atoms with Crippen molar-refractivity contribution in [2.45, 2.75) is 31.3 Å². The van der Waals surface area contributed by atoms with Crippen molar-refractivity contribution in [2.24, 2.45) is 0 Å². The van der Waals surface area contributed by atoms with E-state index < -0.39 is 0 Å². The molecule has 1 saturated heterocycles. The summed E-state index contributed by atoms with van der Waals surface area (Å²) >= 11 is 0. The lowest BCUT2D eigenvalue weighted by atomic mass is 9.96. The lowest BCUT2D eigenvalue weighted by Crippen LogP contribution is -2.51. The number of amides is 1. The summed E-state index contributed by atoms with van der Waals surface area (Å²) in [6, 6.07) is 10.5. The Morgan fingerprint density at radius 3 is 2.38 bits per heavy atom.